The lowest BCUT2D eigenvalue weighted by Crippen LogP contribution is -2.31. The number of benzene rings is 1. The fourth-order valence-corrected chi connectivity index (χ4v) is 1.41. The third kappa shape index (κ3) is 3.70. The maximum Gasteiger partial charge on any atom is 0.245 e. The predicted molar refractivity (Wildman–Crippen MR) is 57.5 cm³/mol. The van der Waals surface area contributed by atoms with E-state index in [0.717, 1.165) is 5.56 Å². The molecule has 1 aromatic carbocycles. The molecule has 0 unspecified atom stereocenters. The Morgan fingerprint density at radius 1 is 1.31 bits per heavy atom. The van der Waals surface area contributed by atoms with Crippen molar-refractivity contribution < 1.29 is 14.8 Å². The van der Waals surface area contributed by atoms with Crippen molar-refractivity contribution in [2.24, 2.45) is 0 Å². The van der Waals surface area contributed by atoms with E-state index in [4.69, 9.17) is 5.21 Å². The summed E-state index contributed by atoms with van der Waals surface area (Å²) in [6.07, 6.45) is 0.0000926. The summed E-state index contributed by atoms with van der Waals surface area (Å²) in [6, 6.07) is 8.68. The second kappa shape index (κ2) is 5.87. The average molecular weight is 222 g/mol. The zero-order valence-electron chi connectivity index (χ0n) is 8.93. The predicted octanol–water partition coefficient (Wildman–Crippen LogP) is 0.759. The number of hydrogen-bond donors (Lipinski definition) is 3. The Balaban J connectivity index is 2.79. The number of amides is 2. The molecule has 0 radical (unpaired) electrons. The van der Waals surface area contributed by atoms with Crippen LogP contribution in [0.4, 0.5) is 0 Å². The molecular weight excluding hydrogens is 208 g/mol. The molecule has 2 amide bonds. The van der Waals surface area contributed by atoms with E-state index in [1.165, 1.54) is 6.92 Å². The quantitative estimate of drug-likeness (QED) is 0.520. The topological polar surface area (TPSA) is 78.4 Å². The molecule has 0 saturated carbocycles. The Bertz CT molecular complexity index is 365. The van der Waals surface area contributed by atoms with Crippen LogP contribution < -0.4 is 10.8 Å². The smallest absolute Gasteiger partial charge is 0.245 e. The van der Waals surface area contributed by atoms with E-state index in [9.17, 15) is 9.59 Å². The van der Waals surface area contributed by atoms with Gasteiger partial charge in [-0.25, -0.2) is 5.48 Å². The van der Waals surface area contributed by atoms with Gasteiger partial charge in [-0.1, -0.05) is 30.3 Å². The molecule has 0 aliphatic heterocycles. The number of hydrogen-bond acceptors (Lipinski definition) is 3. The first-order valence-electron chi connectivity index (χ1n) is 4.88. The largest absolute Gasteiger partial charge is 0.349 e. The van der Waals surface area contributed by atoms with Crippen LogP contribution in [0.5, 0.6) is 0 Å². The molecule has 0 aliphatic carbocycles. The van der Waals surface area contributed by atoms with Crippen LogP contribution in [0.3, 0.4) is 0 Å². The van der Waals surface area contributed by atoms with E-state index in [2.05, 4.69) is 5.32 Å². The lowest BCUT2D eigenvalue weighted by molar-refractivity contribution is -0.130. The third-order valence-corrected chi connectivity index (χ3v) is 2.09. The summed E-state index contributed by atoms with van der Waals surface area (Å²) in [7, 11) is 0. The highest BCUT2D eigenvalue weighted by atomic mass is 16.5. The molecule has 0 aliphatic rings. The van der Waals surface area contributed by atoms with Crippen LogP contribution in [0, 0.1) is 0 Å². The Hall–Kier alpha value is -1.88. The van der Waals surface area contributed by atoms with E-state index < -0.39 is 11.9 Å². The van der Waals surface area contributed by atoms with Gasteiger partial charge in [0.1, 0.15) is 0 Å². The van der Waals surface area contributed by atoms with E-state index in [0.29, 0.717) is 0 Å². The Morgan fingerprint density at radius 3 is 2.44 bits per heavy atom. The van der Waals surface area contributed by atoms with E-state index in [1.807, 2.05) is 30.3 Å². The summed E-state index contributed by atoms with van der Waals surface area (Å²) in [6.45, 7) is 1.38. The lowest BCUT2D eigenvalue weighted by atomic mass is 10.0. The van der Waals surface area contributed by atoms with Crippen molar-refractivity contribution in [1.82, 2.24) is 10.8 Å². The second-order valence-electron chi connectivity index (χ2n) is 3.40. The Kier molecular flexibility index (Phi) is 4.47. The SMILES string of the molecule is CC(=O)N[C@@H](CC(=O)NO)c1ccccc1. The number of carbonyl (C=O) groups is 2. The highest BCUT2D eigenvalue weighted by Gasteiger charge is 2.16. The molecule has 5 heteroatoms. The molecule has 0 fully saturated rings. The molecule has 0 heterocycles. The van der Waals surface area contributed by atoms with Crippen LogP contribution in [0.2, 0.25) is 0 Å². The molecular formula is C11H14N2O3. The van der Waals surface area contributed by atoms with Gasteiger partial charge in [0.2, 0.25) is 11.8 Å². The number of nitrogens with one attached hydrogen (secondary N) is 2. The molecule has 0 saturated heterocycles. The monoisotopic (exact) mass is 222 g/mol. The van der Waals surface area contributed by atoms with E-state index in [1.54, 1.807) is 5.48 Å². The molecule has 1 rings (SSSR count). The normalized spacial score (nSPS) is 11.6. The van der Waals surface area contributed by atoms with Crippen LogP contribution in [0.25, 0.3) is 0 Å². The molecule has 16 heavy (non-hydrogen) atoms. The van der Waals surface area contributed by atoms with Gasteiger partial charge in [0.05, 0.1) is 12.5 Å². The second-order valence-corrected chi connectivity index (χ2v) is 3.40. The molecule has 0 aromatic heterocycles. The standard InChI is InChI=1S/C11H14N2O3/c1-8(14)12-10(7-11(15)13-16)9-5-3-2-4-6-9/h2-6,10,16H,7H2,1H3,(H,12,14)(H,13,15)/t10-/m0/s1. The van der Waals surface area contributed by atoms with Gasteiger partial charge >= 0.3 is 0 Å². The van der Waals surface area contributed by atoms with Crippen LogP contribution in [-0.4, -0.2) is 17.0 Å². The van der Waals surface area contributed by atoms with Crippen molar-refractivity contribution in [2.45, 2.75) is 19.4 Å². The van der Waals surface area contributed by atoms with Gasteiger partial charge in [-0.05, 0) is 5.56 Å². The summed E-state index contributed by atoms with van der Waals surface area (Å²) in [5, 5.41) is 11.1. The van der Waals surface area contributed by atoms with Gasteiger partial charge in [0.25, 0.3) is 0 Å². The van der Waals surface area contributed by atoms with Crippen LogP contribution in [0.1, 0.15) is 24.9 Å². The lowest BCUT2D eigenvalue weighted by Gasteiger charge is -2.16. The molecule has 1 aromatic rings. The minimum absolute atomic E-state index is 0.0000926. The van der Waals surface area contributed by atoms with Crippen molar-refractivity contribution in [2.75, 3.05) is 0 Å². The summed E-state index contributed by atoms with van der Waals surface area (Å²) in [5.41, 5.74) is 2.37. The fraction of sp³-hybridized carbons (Fsp3) is 0.273. The van der Waals surface area contributed by atoms with Gasteiger partial charge in [0.15, 0.2) is 0 Å². The van der Waals surface area contributed by atoms with E-state index >= 15 is 0 Å². The zero-order chi connectivity index (χ0) is 12.0. The van der Waals surface area contributed by atoms with Gasteiger partial charge in [-0.2, -0.15) is 0 Å². The van der Waals surface area contributed by atoms with Crippen molar-refractivity contribution in [3.8, 4) is 0 Å². The summed E-state index contributed by atoms with van der Waals surface area (Å²) < 4.78 is 0. The Morgan fingerprint density at radius 2 is 1.94 bits per heavy atom. The maximum absolute atomic E-state index is 11.1. The number of hydroxylamine groups is 1. The molecule has 0 spiro atoms. The van der Waals surface area contributed by atoms with Crippen molar-refractivity contribution >= 4 is 11.8 Å². The first-order valence-corrected chi connectivity index (χ1v) is 4.88. The first-order chi connectivity index (χ1) is 7.63. The molecule has 5 nitrogen and oxygen atoms in total. The van der Waals surface area contributed by atoms with Crippen molar-refractivity contribution in [1.29, 1.82) is 0 Å². The van der Waals surface area contributed by atoms with Crippen molar-refractivity contribution in [3.63, 3.8) is 0 Å². The minimum atomic E-state index is -0.539. The number of carbonyl (C=O) groups excluding carboxylic acids is 2. The molecule has 0 bridgehead atoms. The average Bonchev–Trinajstić information content (AvgIpc) is 2.28. The zero-order valence-corrected chi connectivity index (χ0v) is 8.93. The van der Waals surface area contributed by atoms with Crippen LogP contribution >= 0.6 is 0 Å². The van der Waals surface area contributed by atoms with Gasteiger partial charge in [-0.15, -0.1) is 0 Å². The minimum Gasteiger partial charge on any atom is -0.349 e. The highest BCUT2D eigenvalue weighted by molar-refractivity contribution is 5.78. The van der Waals surface area contributed by atoms with E-state index in [-0.39, 0.29) is 12.3 Å². The van der Waals surface area contributed by atoms with Gasteiger partial charge in [0, 0.05) is 6.92 Å². The maximum atomic E-state index is 11.1. The third-order valence-electron chi connectivity index (χ3n) is 2.09. The highest BCUT2D eigenvalue weighted by Crippen LogP contribution is 2.16. The molecule has 86 valence electrons. The molecule has 3 N–H and O–H groups in total. The number of rotatable bonds is 4. The van der Waals surface area contributed by atoms with Crippen LogP contribution in [-0.2, 0) is 9.59 Å². The fourth-order valence-electron chi connectivity index (χ4n) is 1.41. The summed E-state index contributed by atoms with van der Waals surface area (Å²) >= 11 is 0. The Labute approximate surface area is 93.4 Å². The van der Waals surface area contributed by atoms with Crippen LogP contribution in [0.15, 0.2) is 30.3 Å². The molecule has 1 atom stereocenters. The van der Waals surface area contributed by atoms with Gasteiger partial charge in [-0.3, -0.25) is 14.8 Å². The summed E-state index contributed by atoms with van der Waals surface area (Å²) in [4.78, 5) is 22.1. The van der Waals surface area contributed by atoms with Gasteiger partial charge < -0.3 is 5.32 Å². The van der Waals surface area contributed by atoms with Crippen molar-refractivity contribution in [3.05, 3.63) is 35.9 Å². The first kappa shape index (κ1) is 12.2. The summed E-state index contributed by atoms with van der Waals surface area (Å²) in [5.74, 6) is -0.762.